The van der Waals surface area contributed by atoms with Gasteiger partial charge >= 0.3 is 0 Å². The quantitative estimate of drug-likeness (QED) is 0.394. The predicted octanol–water partition coefficient (Wildman–Crippen LogP) is 4.62. The zero-order valence-corrected chi connectivity index (χ0v) is 22.3. The number of hydrogen-bond acceptors (Lipinski definition) is 4. The number of unbranched alkanes of at least 4 members (excludes halogenated alkanes) is 1. The van der Waals surface area contributed by atoms with Crippen LogP contribution in [0.2, 0.25) is 10.0 Å². The van der Waals surface area contributed by atoms with Crippen LogP contribution in [-0.2, 0) is 26.2 Å². The van der Waals surface area contributed by atoms with E-state index in [1.54, 1.807) is 31.2 Å². The van der Waals surface area contributed by atoms with E-state index in [2.05, 4.69) is 5.32 Å². The molecule has 7 nitrogen and oxygen atoms in total. The summed E-state index contributed by atoms with van der Waals surface area (Å²) in [4.78, 5) is 27.9. The Kier molecular flexibility index (Phi) is 10.8. The van der Waals surface area contributed by atoms with Gasteiger partial charge in [0.25, 0.3) is 0 Å². The molecular weight excluding hydrogens is 516 g/mol. The lowest BCUT2D eigenvalue weighted by atomic mass is 10.1. The van der Waals surface area contributed by atoms with Gasteiger partial charge in [0.15, 0.2) is 0 Å². The summed E-state index contributed by atoms with van der Waals surface area (Å²) < 4.78 is 39.6. The van der Waals surface area contributed by atoms with E-state index >= 15 is 0 Å². The summed E-state index contributed by atoms with van der Waals surface area (Å²) in [5, 5.41) is 2.98. The van der Waals surface area contributed by atoms with Gasteiger partial charge in [-0.15, -0.1) is 0 Å². The zero-order valence-electron chi connectivity index (χ0n) is 19.9. The first-order valence-corrected chi connectivity index (χ1v) is 13.8. The summed E-state index contributed by atoms with van der Waals surface area (Å²) in [7, 11) is -3.95. The second kappa shape index (κ2) is 13.1. The molecule has 0 spiro atoms. The van der Waals surface area contributed by atoms with Crippen LogP contribution in [0.15, 0.2) is 42.5 Å². The molecule has 0 aliphatic carbocycles. The van der Waals surface area contributed by atoms with Gasteiger partial charge in [0.05, 0.1) is 17.0 Å². The SMILES string of the molecule is CCCCNC(=O)[C@@H](CC)N(Cc1ccccc1Cl)C(=O)CN(c1ccc(F)c(Cl)c1)S(C)(=O)=O. The third-order valence-electron chi connectivity index (χ3n) is 5.38. The normalized spacial score (nSPS) is 12.2. The zero-order chi connectivity index (χ0) is 26.2. The maximum absolute atomic E-state index is 13.7. The average molecular weight is 546 g/mol. The Hall–Kier alpha value is -2.36. The third-order valence-corrected chi connectivity index (χ3v) is 7.18. The number of halogens is 3. The first-order chi connectivity index (χ1) is 16.5. The monoisotopic (exact) mass is 545 g/mol. The lowest BCUT2D eigenvalue weighted by Crippen LogP contribution is -2.52. The van der Waals surface area contributed by atoms with Crippen molar-refractivity contribution < 1.29 is 22.4 Å². The molecule has 0 bridgehead atoms. The fourth-order valence-corrected chi connectivity index (χ4v) is 4.70. The number of carbonyl (C=O) groups excluding carboxylic acids is 2. The molecular formula is C24H30Cl2FN3O4S. The molecule has 35 heavy (non-hydrogen) atoms. The number of nitrogens with zero attached hydrogens (tertiary/aromatic N) is 2. The molecule has 192 valence electrons. The lowest BCUT2D eigenvalue weighted by molar-refractivity contribution is -0.140. The Morgan fingerprint density at radius 1 is 1.09 bits per heavy atom. The summed E-state index contributed by atoms with van der Waals surface area (Å²) in [6.07, 6.45) is 2.91. The Bertz CT molecular complexity index is 1150. The van der Waals surface area contributed by atoms with Gasteiger partial charge in [-0.05, 0) is 42.7 Å². The number of benzene rings is 2. The number of nitrogens with one attached hydrogen (secondary N) is 1. The minimum Gasteiger partial charge on any atom is -0.354 e. The van der Waals surface area contributed by atoms with Gasteiger partial charge in [0.1, 0.15) is 18.4 Å². The third kappa shape index (κ3) is 8.08. The Morgan fingerprint density at radius 3 is 2.34 bits per heavy atom. The number of anilines is 1. The number of carbonyl (C=O) groups is 2. The highest BCUT2D eigenvalue weighted by molar-refractivity contribution is 7.92. The number of rotatable bonds is 12. The van der Waals surface area contributed by atoms with E-state index in [0.29, 0.717) is 23.6 Å². The maximum atomic E-state index is 13.7. The van der Waals surface area contributed by atoms with Gasteiger partial charge in [-0.3, -0.25) is 13.9 Å². The molecule has 0 aliphatic heterocycles. The molecule has 2 amide bonds. The number of sulfonamides is 1. The molecule has 2 aromatic rings. The van der Waals surface area contributed by atoms with E-state index < -0.39 is 34.3 Å². The molecule has 1 N–H and O–H groups in total. The van der Waals surface area contributed by atoms with Crippen LogP contribution in [0.5, 0.6) is 0 Å². The smallest absolute Gasteiger partial charge is 0.244 e. The molecule has 1 atom stereocenters. The topological polar surface area (TPSA) is 86.8 Å². The standard InChI is InChI=1S/C24H30Cl2FN3O4S/c1-4-6-13-28-24(32)22(5-2)29(15-17-9-7-8-10-19(17)25)23(31)16-30(35(3,33)34)18-11-12-21(27)20(26)14-18/h7-12,14,22H,4-6,13,15-16H2,1-3H3,(H,28,32)/t22-/m1/s1. The van der Waals surface area contributed by atoms with Crippen LogP contribution in [0.4, 0.5) is 10.1 Å². The highest BCUT2D eigenvalue weighted by Crippen LogP contribution is 2.26. The van der Waals surface area contributed by atoms with E-state index in [1.165, 1.54) is 11.0 Å². The second-order valence-corrected chi connectivity index (χ2v) is 10.8. The van der Waals surface area contributed by atoms with Crippen molar-refractivity contribution in [3.05, 3.63) is 63.9 Å². The van der Waals surface area contributed by atoms with Crippen molar-refractivity contribution in [1.29, 1.82) is 0 Å². The molecule has 0 saturated carbocycles. The van der Waals surface area contributed by atoms with Crippen molar-refractivity contribution in [3.63, 3.8) is 0 Å². The Balaban J connectivity index is 2.43. The van der Waals surface area contributed by atoms with E-state index in [0.717, 1.165) is 35.5 Å². The summed E-state index contributed by atoms with van der Waals surface area (Å²) in [6.45, 7) is 3.62. The van der Waals surface area contributed by atoms with Crippen molar-refractivity contribution >= 4 is 50.7 Å². The number of amides is 2. The molecule has 0 unspecified atom stereocenters. The van der Waals surface area contributed by atoms with Crippen LogP contribution < -0.4 is 9.62 Å². The predicted molar refractivity (Wildman–Crippen MR) is 138 cm³/mol. The van der Waals surface area contributed by atoms with Crippen LogP contribution in [0, 0.1) is 5.82 Å². The highest BCUT2D eigenvalue weighted by Gasteiger charge is 2.32. The van der Waals surface area contributed by atoms with Crippen LogP contribution in [-0.4, -0.2) is 50.5 Å². The average Bonchev–Trinajstić information content (AvgIpc) is 2.79. The van der Waals surface area contributed by atoms with E-state index in [4.69, 9.17) is 23.2 Å². The molecule has 0 saturated heterocycles. The Morgan fingerprint density at radius 2 is 1.77 bits per heavy atom. The minimum absolute atomic E-state index is 0.0000129. The van der Waals surface area contributed by atoms with E-state index in [9.17, 15) is 22.4 Å². The molecule has 11 heteroatoms. The highest BCUT2D eigenvalue weighted by atomic mass is 35.5. The summed E-state index contributed by atoms with van der Waals surface area (Å²) in [5.74, 6) is -1.67. The van der Waals surface area contributed by atoms with Crippen LogP contribution in [0.3, 0.4) is 0 Å². The molecule has 2 rings (SSSR count). The van der Waals surface area contributed by atoms with Crippen LogP contribution in [0.25, 0.3) is 0 Å². The van der Waals surface area contributed by atoms with Gasteiger partial charge in [0, 0.05) is 18.1 Å². The summed E-state index contributed by atoms with van der Waals surface area (Å²) in [5.41, 5.74) is 0.642. The molecule has 0 radical (unpaired) electrons. The minimum atomic E-state index is -3.95. The van der Waals surface area contributed by atoms with Gasteiger partial charge in [-0.2, -0.15) is 0 Å². The maximum Gasteiger partial charge on any atom is 0.244 e. The van der Waals surface area contributed by atoms with Crippen molar-refractivity contribution in [3.8, 4) is 0 Å². The Labute approximate surface area is 216 Å². The van der Waals surface area contributed by atoms with Crippen molar-refractivity contribution in [2.45, 2.75) is 45.7 Å². The summed E-state index contributed by atoms with van der Waals surface area (Å²) in [6, 6.07) is 9.45. The first-order valence-electron chi connectivity index (χ1n) is 11.2. The van der Waals surface area contributed by atoms with Crippen molar-refractivity contribution in [2.75, 3.05) is 23.7 Å². The molecule has 0 fully saturated rings. The van der Waals surface area contributed by atoms with Crippen LogP contribution >= 0.6 is 23.2 Å². The molecule has 0 heterocycles. The molecule has 0 aromatic heterocycles. The summed E-state index contributed by atoms with van der Waals surface area (Å²) >= 11 is 12.2. The first kappa shape index (κ1) is 28.9. The van der Waals surface area contributed by atoms with E-state index in [1.807, 2.05) is 6.92 Å². The lowest BCUT2D eigenvalue weighted by Gasteiger charge is -2.33. The van der Waals surface area contributed by atoms with Gasteiger partial charge in [0.2, 0.25) is 21.8 Å². The van der Waals surface area contributed by atoms with Crippen LogP contribution in [0.1, 0.15) is 38.7 Å². The van der Waals surface area contributed by atoms with Gasteiger partial charge < -0.3 is 10.2 Å². The molecule has 2 aromatic carbocycles. The second-order valence-electron chi connectivity index (χ2n) is 8.05. The van der Waals surface area contributed by atoms with Gasteiger partial charge in [-0.25, -0.2) is 12.8 Å². The largest absolute Gasteiger partial charge is 0.354 e. The van der Waals surface area contributed by atoms with E-state index in [-0.39, 0.29) is 23.2 Å². The molecule has 0 aliphatic rings. The van der Waals surface area contributed by atoms with Crippen molar-refractivity contribution in [2.24, 2.45) is 0 Å². The van der Waals surface area contributed by atoms with Crippen molar-refractivity contribution in [1.82, 2.24) is 10.2 Å². The number of hydrogen-bond donors (Lipinski definition) is 1. The fraction of sp³-hybridized carbons (Fsp3) is 0.417. The fourth-order valence-electron chi connectivity index (χ4n) is 3.49. The van der Waals surface area contributed by atoms with Gasteiger partial charge in [-0.1, -0.05) is 61.7 Å².